The predicted molar refractivity (Wildman–Crippen MR) is 222 cm³/mol. The van der Waals surface area contributed by atoms with Crippen molar-refractivity contribution in [2.75, 3.05) is 13.1 Å². The number of aromatic nitrogens is 4. The average Bonchev–Trinajstić information content (AvgIpc) is 3.99. The molecule has 8 rings (SSSR count). The van der Waals surface area contributed by atoms with Gasteiger partial charge in [0, 0.05) is 13.1 Å². The Labute approximate surface area is 341 Å². The van der Waals surface area contributed by atoms with Crippen LogP contribution in [-0.4, -0.2) is 94.1 Å². The van der Waals surface area contributed by atoms with E-state index in [9.17, 15) is 26.4 Å². The number of likely N-dealkylation sites (tertiary alicyclic amines) is 2. The average molecular weight is 831 g/mol. The van der Waals surface area contributed by atoms with Crippen LogP contribution < -0.4 is 9.44 Å². The lowest BCUT2D eigenvalue weighted by atomic mass is 10.0. The summed E-state index contributed by atoms with van der Waals surface area (Å²) >= 11 is 0. The number of nitrogens with zero attached hydrogens (tertiary/aromatic N) is 4. The van der Waals surface area contributed by atoms with Crippen LogP contribution in [0.25, 0.3) is 33.6 Å². The number of benzene rings is 2. The topological polar surface area (TPSA) is 190 Å². The molecule has 2 saturated carbocycles. The van der Waals surface area contributed by atoms with Crippen LogP contribution in [0, 0.1) is 11.8 Å². The zero-order valence-electron chi connectivity index (χ0n) is 33.5. The number of hydrogen-bond donors (Lipinski definition) is 4. The summed E-state index contributed by atoms with van der Waals surface area (Å²) < 4.78 is 56.4. The Balaban J connectivity index is 0.911. The van der Waals surface area contributed by atoms with Gasteiger partial charge in [0.1, 0.15) is 23.7 Å². The van der Waals surface area contributed by atoms with E-state index in [1.165, 1.54) is 0 Å². The number of H-pyrrole nitrogens is 2. The second kappa shape index (κ2) is 16.0. The lowest BCUT2D eigenvalue weighted by molar-refractivity contribution is -0.135. The van der Waals surface area contributed by atoms with E-state index in [2.05, 4.69) is 53.6 Å². The molecule has 0 radical (unpaired) electrons. The van der Waals surface area contributed by atoms with Crippen molar-refractivity contribution in [2.45, 2.75) is 114 Å². The monoisotopic (exact) mass is 830 g/mol. The van der Waals surface area contributed by atoms with Crippen molar-refractivity contribution < 1.29 is 26.4 Å². The lowest BCUT2D eigenvalue weighted by Gasteiger charge is -2.30. The van der Waals surface area contributed by atoms with Crippen LogP contribution >= 0.6 is 0 Å². The maximum absolute atomic E-state index is 13.7. The Hall–Kier alpha value is -4.38. The van der Waals surface area contributed by atoms with E-state index in [1.807, 2.05) is 52.0 Å². The molecular weight excluding hydrogens is 777 g/mol. The largest absolute Gasteiger partial charge is 0.340 e. The highest BCUT2D eigenvalue weighted by molar-refractivity contribution is 7.90. The van der Waals surface area contributed by atoms with Crippen LogP contribution in [0.3, 0.4) is 0 Å². The Morgan fingerprint density at radius 3 is 1.26 bits per heavy atom. The minimum atomic E-state index is -3.52. The van der Waals surface area contributed by atoms with Crippen LogP contribution in [0.2, 0.25) is 0 Å². The van der Waals surface area contributed by atoms with Gasteiger partial charge >= 0.3 is 0 Å². The summed E-state index contributed by atoms with van der Waals surface area (Å²) in [6, 6.07) is 14.3. The first-order valence-electron chi connectivity index (χ1n) is 20.6. The van der Waals surface area contributed by atoms with Crippen LogP contribution in [0.4, 0.5) is 0 Å². The van der Waals surface area contributed by atoms with Crippen LogP contribution in [0.1, 0.15) is 103 Å². The van der Waals surface area contributed by atoms with Gasteiger partial charge in [-0.15, -0.1) is 0 Å². The molecule has 310 valence electrons. The highest BCUT2D eigenvalue weighted by atomic mass is 32.2. The molecule has 58 heavy (non-hydrogen) atoms. The third-order valence-electron chi connectivity index (χ3n) is 12.0. The fraction of sp³-hybridized carbons (Fsp3) is 0.524. The first-order valence-corrected chi connectivity index (χ1v) is 23.7. The van der Waals surface area contributed by atoms with Crippen molar-refractivity contribution in [1.82, 2.24) is 39.2 Å². The zero-order chi connectivity index (χ0) is 40.9. The van der Waals surface area contributed by atoms with Crippen molar-refractivity contribution in [1.29, 1.82) is 0 Å². The third kappa shape index (κ3) is 8.38. The third-order valence-corrected chi connectivity index (χ3v) is 15.9. The smallest absolute Gasteiger partial charge is 0.241 e. The van der Waals surface area contributed by atoms with E-state index < -0.39 is 42.6 Å². The molecule has 2 aromatic carbocycles. The predicted octanol–water partition coefficient (Wildman–Crippen LogP) is 5.67. The quantitative estimate of drug-likeness (QED) is 0.118. The molecule has 2 aliphatic heterocycles. The molecule has 4 N–H and O–H groups in total. The van der Waals surface area contributed by atoms with Gasteiger partial charge in [0.15, 0.2) is 0 Å². The normalized spacial score (nSPS) is 21.3. The highest BCUT2D eigenvalue weighted by Gasteiger charge is 2.44. The molecule has 2 aromatic heterocycles. The number of hydrogen-bond acceptors (Lipinski definition) is 8. The second-order valence-electron chi connectivity index (χ2n) is 17.1. The molecule has 2 amide bonds. The van der Waals surface area contributed by atoms with Crippen molar-refractivity contribution in [2.24, 2.45) is 11.8 Å². The Bertz CT molecular complexity index is 2180. The first kappa shape index (κ1) is 40.4. The minimum Gasteiger partial charge on any atom is -0.340 e. The van der Waals surface area contributed by atoms with Gasteiger partial charge in [-0.05, 0) is 85.5 Å². The van der Waals surface area contributed by atoms with E-state index in [0.717, 1.165) is 59.3 Å². The fourth-order valence-corrected chi connectivity index (χ4v) is 11.6. The van der Waals surface area contributed by atoms with Gasteiger partial charge in [-0.2, -0.15) is 0 Å². The molecule has 1 unspecified atom stereocenters. The second-order valence-corrected chi connectivity index (χ2v) is 21.1. The van der Waals surface area contributed by atoms with Gasteiger partial charge in [-0.3, -0.25) is 9.59 Å². The standard InChI is InChI=1S/C42H54N8O6S2/c1-25(2)37(47-57(53,54)31-17-18-31)41(51)49-21-5-7-35(49)39-43-23-33(45-39)29-13-9-27(10-14-29)28-11-15-30(16-12-28)34-24-44-40(46-34)36-8-6-22-50(36)42(52)38(26(3)4)48-58(55,56)32-19-20-32/h9-16,23-26,31-32,35-38,47-48H,5-8,17-22H2,1-4H3,(H,43,45)(H,44,46)/t35-,36?,37-,38-/m0/s1. The molecule has 4 heterocycles. The van der Waals surface area contributed by atoms with Crippen molar-refractivity contribution in [3.63, 3.8) is 0 Å². The first-order chi connectivity index (χ1) is 27.7. The number of carbonyl (C=O) groups excluding carboxylic acids is 2. The molecule has 4 fully saturated rings. The summed E-state index contributed by atoms with van der Waals surface area (Å²) in [6.45, 7) is 8.58. The lowest BCUT2D eigenvalue weighted by Crippen LogP contribution is -2.51. The fourth-order valence-electron chi connectivity index (χ4n) is 8.22. The van der Waals surface area contributed by atoms with Crippen molar-refractivity contribution in [3.8, 4) is 33.6 Å². The summed E-state index contributed by atoms with van der Waals surface area (Å²) in [5, 5.41) is -0.787. The Morgan fingerprint density at radius 1 is 0.586 bits per heavy atom. The summed E-state index contributed by atoms with van der Waals surface area (Å²) in [5.41, 5.74) is 5.66. The maximum Gasteiger partial charge on any atom is 0.241 e. The summed E-state index contributed by atoms with van der Waals surface area (Å²) in [7, 11) is -7.05. The van der Waals surface area contributed by atoms with Crippen molar-refractivity contribution in [3.05, 3.63) is 72.6 Å². The molecule has 0 bridgehead atoms. The molecule has 2 aliphatic carbocycles. The number of amides is 2. The molecule has 2 saturated heterocycles. The summed E-state index contributed by atoms with van der Waals surface area (Å²) in [6.07, 6.45) is 9.25. The van der Waals surface area contributed by atoms with E-state index in [4.69, 9.17) is 0 Å². The molecule has 4 aromatic rings. The van der Waals surface area contributed by atoms with E-state index >= 15 is 0 Å². The number of rotatable bonds is 15. The number of nitrogens with one attached hydrogen (secondary N) is 4. The van der Waals surface area contributed by atoms with E-state index in [0.29, 0.717) is 50.4 Å². The Kier molecular flexibility index (Phi) is 11.1. The number of sulfonamides is 2. The van der Waals surface area contributed by atoms with Crippen LogP contribution in [0.5, 0.6) is 0 Å². The maximum atomic E-state index is 13.7. The molecule has 4 aliphatic rings. The number of aromatic amines is 2. The van der Waals surface area contributed by atoms with Gasteiger partial charge in [-0.1, -0.05) is 76.2 Å². The number of imidazole rings is 2. The van der Waals surface area contributed by atoms with Crippen molar-refractivity contribution >= 4 is 31.9 Å². The van der Waals surface area contributed by atoms with E-state index in [-0.39, 0.29) is 35.7 Å². The van der Waals surface area contributed by atoms with Gasteiger partial charge < -0.3 is 19.8 Å². The number of carbonyl (C=O) groups is 2. The summed E-state index contributed by atoms with van der Waals surface area (Å²) in [5.74, 6) is 0.592. The molecule has 16 heteroatoms. The van der Waals surface area contributed by atoms with Gasteiger partial charge in [0.05, 0.1) is 46.4 Å². The van der Waals surface area contributed by atoms with Crippen LogP contribution in [-0.2, 0) is 29.6 Å². The molecule has 4 atom stereocenters. The zero-order valence-corrected chi connectivity index (χ0v) is 35.2. The molecule has 14 nitrogen and oxygen atoms in total. The van der Waals surface area contributed by atoms with Crippen LogP contribution in [0.15, 0.2) is 60.9 Å². The summed E-state index contributed by atoms with van der Waals surface area (Å²) in [4.78, 5) is 47.3. The van der Waals surface area contributed by atoms with Gasteiger partial charge in [-0.25, -0.2) is 36.2 Å². The minimum absolute atomic E-state index is 0.192. The Morgan fingerprint density at radius 2 is 0.931 bits per heavy atom. The van der Waals surface area contributed by atoms with E-state index in [1.54, 1.807) is 22.2 Å². The molecule has 0 spiro atoms. The SMILES string of the molecule is CC(C)[C@H](NS(=O)(=O)C1CC1)C(=O)N1CCCC1c1ncc(-c2ccc(-c3ccc(-c4cnc([C@@H]5CCCN5C(=O)[C@@H](NS(=O)(=O)C5CC5)C(C)C)[nH]4)cc3)cc2)[nH]1. The van der Waals surface area contributed by atoms with Gasteiger partial charge in [0.25, 0.3) is 0 Å². The molecular formula is C42H54N8O6S2. The van der Waals surface area contributed by atoms with Gasteiger partial charge in [0.2, 0.25) is 31.9 Å². The highest BCUT2D eigenvalue weighted by Crippen LogP contribution is 2.36.